The van der Waals surface area contributed by atoms with Gasteiger partial charge in [0.1, 0.15) is 6.04 Å². The average Bonchev–Trinajstić information content (AvgIpc) is 2.65. The van der Waals surface area contributed by atoms with Crippen molar-refractivity contribution in [2.45, 2.75) is 19.9 Å². The summed E-state index contributed by atoms with van der Waals surface area (Å²) < 4.78 is 0. The third kappa shape index (κ3) is 3.02. The van der Waals surface area contributed by atoms with E-state index in [0.717, 1.165) is 0 Å². The molecule has 1 unspecified atom stereocenters. The molecule has 0 aliphatic heterocycles. The first-order valence-corrected chi connectivity index (χ1v) is 5.33. The number of carbonyl (C=O) groups is 2. The molecule has 1 aromatic rings. The normalized spacial score (nSPS) is 12.5. The van der Waals surface area contributed by atoms with Crippen LogP contribution in [0.1, 0.15) is 23.6 Å². The number of aliphatic carboxylic acids is 1. The molecule has 82 valence electrons. The Morgan fingerprint density at radius 3 is 2.60 bits per heavy atom. The molecule has 1 rings (SSSR count). The third-order valence-electron chi connectivity index (χ3n) is 1.85. The Hall–Kier alpha value is -1.43. The van der Waals surface area contributed by atoms with Crippen LogP contribution in [0.5, 0.6) is 0 Å². The first kappa shape index (κ1) is 11.6. The van der Waals surface area contributed by atoms with Gasteiger partial charge in [0.2, 0.25) is 0 Å². The smallest absolute Gasteiger partial charge is 0.326 e. The average molecular weight is 228 g/mol. The van der Waals surface area contributed by atoms with Crippen LogP contribution >= 0.6 is 11.3 Å². The molecule has 1 atom stereocenters. The fourth-order valence-corrected chi connectivity index (χ4v) is 1.59. The molecule has 0 saturated carbocycles. The standard InChI is InChI=1S/C9H12N2O3S/c1-5(2)6(9(13)14)11-7(12)8-10-3-4-15-8/h3-6H,1-2H3,(H,11,12)(H,13,14). The predicted molar refractivity (Wildman–Crippen MR) is 55.8 cm³/mol. The topological polar surface area (TPSA) is 79.3 Å². The summed E-state index contributed by atoms with van der Waals surface area (Å²) in [5, 5.41) is 13.2. The highest BCUT2D eigenvalue weighted by Crippen LogP contribution is 2.07. The second-order valence-corrected chi connectivity index (χ2v) is 4.27. The molecule has 0 spiro atoms. The minimum atomic E-state index is -1.03. The van der Waals surface area contributed by atoms with Crippen molar-refractivity contribution in [3.63, 3.8) is 0 Å². The number of nitrogens with one attached hydrogen (secondary N) is 1. The summed E-state index contributed by atoms with van der Waals surface area (Å²) in [7, 11) is 0. The number of amides is 1. The highest BCUT2D eigenvalue weighted by molar-refractivity contribution is 7.11. The Morgan fingerprint density at radius 1 is 1.53 bits per heavy atom. The van der Waals surface area contributed by atoms with Gasteiger partial charge in [-0.25, -0.2) is 9.78 Å². The van der Waals surface area contributed by atoms with Crippen LogP contribution in [-0.2, 0) is 4.79 Å². The molecule has 5 nitrogen and oxygen atoms in total. The second kappa shape index (κ2) is 4.88. The predicted octanol–water partition coefficient (Wildman–Crippen LogP) is 0.982. The molecule has 0 aromatic carbocycles. The Morgan fingerprint density at radius 2 is 2.20 bits per heavy atom. The molecule has 2 N–H and O–H groups in total. The molecule has 1 amide bonds. The summed E-state index contributed by atoms with van der Waals surface area (Å²) >= 11 is 1.18. The number of carboxylic acid groups (broad SMARTS) is 1. The van der Waals surface area contributed by atoms with Crippen molar-refractivity contribution in [1.82, 2.24) is 10.3 Å². The van der Waals surface area contributed by atoms with Crippen molar-refractivity contribution < 1.29 is 14.7 Å². The fraction of sp³-hybridized carbons (Fsp3) is 0.444. The molecular weight excluding hydrogens is 216 g/mol. The van der Waals surface area contributed by atoms with E-state index in [1.165, 1.54) is 17.5 Å². The van der Waals surface area contributed by atoms with Crippen molar-refractivity contribution in [1.29, 1.82) is 0 Å². The molecule has 0 aliphatic carbocycles. The number of hydrogen-bond donors (Lipinski definition) is 2. The summed E-state index contributed by atoms with van der Waals surface area (Å²) in [5.41, 5.74) is 0. The molecule has 0 fully saturated rings. The summed E-state index contributed by atoms with van der Waals surface area (Å²) in [6.07, 6.45) is 1.50. The molecular formula is C9H12N2O3S. The highest BCUT2D eigenvalue weighted by atomic mass is 32.1. The lowest BCUT2D eigenvalue weighted by atomic mass is 10.1. The number of hydrogen-bond acceptors (Lipinski definition) is 4. The van der Waals surface area contributed by atoms with Crippen LogP contribution in [-0.4, -0.2) is 28.0 Å². The summed E-state index contributed by atoms with van der Waals surface area (Å²) in [5.74, 6) is -1.63. The molecule has 1 heterocycles. The van der Waals surface area contributed by atoms with E-state index >= 15 is 0 Å². The molecule has 0 radical (unpaired) electrons. The molecule has 15 heavy (non-hydrogen) atoms. The second-order valence-electron chi connectivity index (χ2n) is 3.37. The van der Waals surface area contributed by atoms with Gasteiger partial charge in [-0.3, -0.25) is 4.79 Å². The van der Waals surface area contributed by atoms with Gasteiger partial charge < -0.3 is 10.4 Å². The van der Waals surface area contributed by atoms with Gasteiger partial charge in [0.15, 0.2) is 5.01 Å². The third-order valence-corrected chi connectivity index (χ3v) is 2.62. The Bertz CT molecular complexity index is 348. The first-order chi connectivity index (χ1) is 7.02. The van der Waals surface area contributed by atoms with E-state index < -0.39 is 17.9 Å². The zero-order chi connectivity index (χ0) is 11.4. The van der Waals surface area contributed by atoms with Crippen LogP contribution in [0.3, 0.4) is 0 Å². The largest absolute Gasteiger partial charge is 0.480 e. The number of aromatic nitrogens is 1. The van der Waals surface area contributed by atoms with E-state index in [-0.39, 0.29) is 10.9 Å². The molecule has 0 bridgehead atoms. The van der Waals surface area contributed by atoms with Gasteiger partial charge in [0, 0.05) is 11.6 Å². The number of thiazole rings is 1. The van der Waals surface area contributed by atoms with Gasteiger partial charge in [-0.1, -0.05) is 13.8 Å². The van der Waals surface area contributed by atoms with Crippen molar-refractivity contribution in [2.75, 3.05) is 0 Å². The molecule has 1 aromatic heterocycles. The highest BCUT2D eigenvalue weighted by Gasteiger charge is 2.24. The van der Waals surface area contributed by atoms with Crippen molar-refractivity contribution in [3.8, 4) is 0 Å². The number of carboxylic acids is 1. The lowest BCUT2D eigenvalue weighted by Gasteiger charge is -2.16. The molecule has 6 heteroatoms. The Balaban J connectivity index is 2.67. The minimum Gasteiger partial charge on any atom is -0.480 e. The van der Waals surface area contributed by atoms with Crippen LogP contribution < -0.4 is 5.32 Å². The maximum atomic E-state index is 11.5. The van der Waals surface area contributed by atoms with Gasteiger partial charge >= 0.3 is 5.97 Å². The lowest BCUT2D eigenvalue weighted by molar-refractivity contribution is -0.140. The van der Waals surface area contributed by atoms with Crippen molar-refractivity contribution in [3.05, 3.63) is 16.6 Å². The van der Waals surface area contributed by atoms with Gasteiger partial charge in [-0.05, 0) is 5.92 Å². The zero-order valence-electron chi connectivity index (χ0n) is 8.43. The minimum absolute atomic E-state index is 0.161. The number of rotatable bonds is 4. The summed E-state index contributed by atoms with van der Waals surface area (Å²) in [4.78, 5) is 26.1. The fourth-order valence-electron chi connectivity index (χ4n) is 1.05. The van der Waals surface area contributed by atoms with E-state index in [9.17, 15) is 9.59 Å². The summed E-state index contributed by atoms with van der Waals surface area (Å²) in [6, 6.07) is -0.874. The number of carbonyl (C=O) groups excluding carboxylic acids is 1. The zero-order valence-corrected chi connectivity index (χ0v) is 9.25. The molecule has 0 saturated heterocycles. The Kier molecular flexibility index (Phi) is 3.79. The van der Waals surface area contributed by atoms with Crippen LogP contribution in [0.15, 0.2) is 11.6 Å². The van der Waals surface area contributed by atoms with Gasteiger partial charge in [-0.2, -0.15) is 0 Å². The summed E-state index contributed by atoms with van der Waals surface area (Å²) in [6.45, 7) is 3.47. The van der Waals surface area contributed by atoms with Crippen LogP contribution in [0.25, 0.3) is 0 Å². The van der Waals surface area contributed by atoms with Crippen molar-refractivity contribution in [2.24, 2.45) is 5.92 Å². The number of nitrogens with zero attached hydrogens (tertiary/aromatic N) is 1. The van der Waals surface area contributed by atoms with E-state index in [1.54, 1.807) is 19.2 Å². The lowest BCUT2D eigenvalue weighted by Crippen LogP contribution is -2.44. The van der Waals surface area contributed by atoms with E-state index in [4.69, 9.17) is 5.11 Å². The maximum absolute atomic E-state index is 11.5. The quantitative estimate of drug-likeness (QED) is 0.805. The molecule has 0 aliphatic rings. The van der Waals surface area contributed by atoms with Crippen molar-refractivity contribution >= 4 is 23.2 Å². The maximum Gasteiger partial charge on any atom is 0.326 e. The van der Waals surface area contributed by atoms with E-state index in [2.05, 4.69) is 10.3 Å². The SMILES string of the molecule is CC(C)C(NC(=O)c1nccs1)C(=O)O. The monoisotopic (exact) mass is 228 g/mol. The van der Waals surface area contributed by atoms with Crippen LogP contribution in [0.4, 0.5) is 0 Å². The van der Waals surface area contributed by atoms with Gasteiger partial charge in [-0.15, -0.1) is 11.3 Å². The van der Waals surface area contributed by atoms with E-state index in [1.807, 2.05) is 0 Å². The van der Waals surface area contributed by atoms with Gasteiger partial charge in [0.05, 0.1) is 0 Å². The van der Waals surface area contributed by atoms with Crippen LogP contribution in [0.2, 0.25) is 0 Å². The Labute approximate surface area is 91.1 Å². The van der Waals surface area contributed by atoms with Gasteiger partial charge in [0.25, 0.3) is 5.91 Å². The van der Waals surface area contributed by atoms with E-state index in [0.29, 0.717) is 0 Å². The van der Waals surface area contributed by atoms with Crippen LogP contribution in [0, 0.1) is 5.92 Å². The first-order valence-electron chi connectivity index (χ1n) is 4.45.